The van der Waals surface area contributed by atoms with Gasteiger partial charge in [0, 0.05) is 30.7 Å². The number of amides is 1. The van der Waals surface area contributed by atoms with Gasteiger partial charge in [0.2, 0.25) is 0 Å². The van der Waals surface area contributed by atoms with Crippen LogP contribution in [-0.4, -0.2) is 62.7 Å². The number of benzene rings is 1. The van der Waals surface area contributed by atoms with Crippen LogP contribution in [0.1, 0.15) is 61.5 Å². The monoisotopic (exact) mass is 431 g/mol. The van der Waals surface area contributed by atoms with Crippen molar-refractivity contribution in [3.8, 4) is 11.3 Å². The minimum Gasteiger partial charge on any atom is -0.334 e. The summed E-state index contributed by atoms with van der Waals surface area (Å²) in [6.07, 6.45) is 6.54. The molecule has 1 amide bonds. The van der Waals surface area contributed by atoms with Gasteiger partial charge in [0.15, 0.2) is 5.65 Å². The van der Waals surface area contributed by atoms with Crippen LogP contribution >= 0.6 is 0 Å². The van der Waals surface area contributed by atoms with Gasteiger partial charge in [-0.05, 0) is 71.2 Å². The maximum Gasteiger partial charge on any atom is 0.255 e. The maximum absolute atomic E-state index is 13.9. The van der Waals surface area contributed by atoms with Crippen molar-refractivity contribution in [2.24, 2.45) is 0 Å². The molecule has 0 aliphatic carbocycles. The van der Waals surface area contributed by atoms with Crippen molar-refractivity contribution in [2.45, 2.75) is 58.5 Å². The second-order valence-corrected chi connectivity index (χ2v) is 9.59. The molecule has 2 aliphatic heterocycles. The van der Waals surface area contributed by atoms with Gasteiger partial charge in [-0.15, -0.1) is 0 Å². The molecule has 0 spiro atoms. The predicted octanol–water partition coefficient (Wildman–Crippen LogP) is 4.69. The third kappa shape index (κ3) is 3.81. The summed E-state index contributed by atoms with van der Waals surface area (Å²) in [7, 11) is 0. The zero-order valence-electron chi connectivity index (χ0n) is 19.4. The molecule has 1 atom stereocenters. The molecule has 32 heavy (non-hydrogen) atoms. The molecule has 1 unspecified atom stereocenters. The van der Waals surface area contributed by atoms with Crippen molar-refractivity contribution in [3.63, 3.8) is 0 Å². The summed E-state index contributed by atoms with van der Waals surface area (Å²) in [5, 5.41) is 5.45. The van der Waals surface area contributed by atoms with Gasteiger partial charge in [0.1, 0.15) is 0 Å². The molecule has 0 radical (unpaired) electrons. The Morgan fingerprint density at radius 1 is 1.12 bits per heavy atom. The van der Waals surface area contributed by atoms with E-state index in [0.29, 0.717) is 6.04 Å². The summed E-state index contributed by atoms with van der Waals surface area (Å²) >= 11 is 0. The lowest BCUT2D eigenvalue weighted by atomic mass is 10.0. The van der Waals surface area contributed by atoms with Gasteiger partial charge in [-0.1, -0.05) is 24.3 Å². The first kappa shape index (κ1) is 21.1. The number of nitrogens with zero attached hydrogens (tertiary/aromatic N) is 5. The molecule has 1 aromatic carbocycles. The minimum atomic E-state index is 0.122. The first-order valence-corrected chi connectivity index (χ1v) is 12.0. The van der Waals surface area contributed by atoms with Gasteiger partial charge in [-0.3, -0.25) is 4.79 Å². The quantitative estimate of drug-likeness (QED) is 0.588. The number of hydrogen-bond donors (Lipinski definition) is 0. The maximum atomic E-state index is 13.9. The standard InChI is InChI=1S/C26H33N5O/c1-18(2)31-25-23(16-27-31)22(15-24(28-25)21-11-5-4-9-19(21)3)26(32)30-14-8-10-20(30)17-29-12-6-7-13-29/h4-5,9,11,15-16,18,20H,6-8,10,12-14,17H2,1-3H3. The van der Waals surface area contributed by atoms with Crippen LogP contribution < -0.4 is 0 Å². The van der Waals surface area contributed by atoms with E-state index in [0.717, 1.165) is 72.4 Å². The van der Waals surface area contributed by atoms with Gasteiger partial charge < -0.3 is 9.80 Å². The molecule has 5 rings (SSSR count). The molecule has 2 aromatic heterocycles. The fourth-order valence-corrected chi connectivity index (χ4v) is 5.28. The number of fused-ring (bicyclic) bond motifs is 1. The van der Waals surface area contributed by atoms with Crippen LogP contribution in [0.4, 0.5) is 0 Å². The number of likely N-dealkylation sites (tertiary alicyclic amines) is 2. The van der Waals surface area contributed by atoms with E-state index in [9.17, 15) is 4.79 Å². The Balaban J connectivity index is 1.57. The van der Waals surface area contributed by atoms with E-state index in [-0.39, 0.29) is 11.9 Å². The van der Waals surface area contributed by atoms with E-state index in [1.54, 1.807) is 0 Å². The van der Waals surface area contributed by atoms with Crippen LogP contribution in [0.5, 0.6) is 0 Å². The highest BCUT2D eigenvalue weighted by atomic mass is 16.2. The van der Waals surface area contributed by atoms with Crippen LogP contribution in [0.25, 0.3) is 22.3 Å². The Morgan fingerprint density at radius 2 is 1.91 bits per heavy atom. The molecule has 168 valence electrons. The summed E-state index contributed by atoms with van der Waals surface area (Å²) in [4.78, 5) is 23.6. The summed E-state index contributed by atoms with van der Waals surface area (Å²) in [5.41, 5.74) is 4.58. The molecule has 3 aromatic rings. The van der Waals surface area contributed by atoms with E-state index < -0.39 is 0 Å². The van der Waals surface area contributed by atoms with Gasteiger partial charge in [0.05, 0.1) is 22.8 Å². The number of carbonyl (C=O) groups excluding carboxylic acids is 1. The highest BCUT2D eigenvalue weighted by Crippen LogP contribution is 2.31. The molecule has 0 bridgehead atoms. The largest absolute Gasteiger partial charge is 0.334 e. The lowest BCUT2D eigenvalue weighted by Crippen LogP contribution is -2.42. The Morgan fingerprint density at radius 3 is 2.66 bits per heavy atom. The molecule has 6 heteroatoms. The van der Waals surface area contributed by atoms with Crippen LogP contribution in [0.3, 0.4) is 0 Å². The molecular weight excluding hydrogens is 398 g/mol. The van der Waals surface area contributed by atoms with E-state index in [2.05, 4.69) is 47.8 Å². The molecule has 0 saturated carbocycles. The number of carbonyl (C=O) groups is 1. The van der Waals surface area contributed by atoms with Crippen LogP contribution in [0.2, 0.25) is 0 Å². The zero-order valence-corrected chi connectivity index (χ0v) is 19.4. The summed E-state index contributed by atoms with van der Waals surface area (Å²) < 4.78 is 1.93. The highest BCUT2D eigenvalue weighted by Gasteiger charge is 2.33. The molecule has 0 N–H and O–H groups in total. The zero-order chi connectivity index (χ0) is 22.2. The summed E-state index contributed by atoms with van der Waals surface area (Å²) in [6, 6.07) is 10.7. The second kappa shape index (κ2) is 8.66. The molecule has 2 fully saturated rings. The van der Waals surface area contributed by atoms with Crippen molar-refractivity contribution in [2.75, 3.05) is 26.2 Å². The Bertz CT molecular complexity index is 1130. The Labute approximate surface area is 190 Å². The van der Waals surface area contributed by atoms with E-state index >= 15 is 0 Å². The molecule has 2 aliphatic rings. The van der Waals surface area contributed by atoms with Crippen molar-refractivity contribution >= 4 is 16.9 Å². The van der Waals surface area contributed by atoms with E-state index in [1.807, 2.05) is 29.1 Å². The number of pyridine rings is 1. The lowest BCUT2D eigenvalue weighted by Gasteiger charge is -2.29. The fourth-order valence-electron chi connectivity index (χ4n) is 5.28. The highest BCUT2D eigenvalue weighted by molar-refractivity contribution is 6.06. The summed E-state index contributed by atoms with van der Waals surface area (Å²) in [6.45, 7) is 10.4. The average molecular weight is 432 g/mol. The van der Waals surface area contributed by atoms with Crippen LogP contribution in [0, 0.1) is 6.92 Å². The second-order valence-electron chi connectivity index (χ2n) is 9.59. The SMILES string of the molecule is Cc1ccccc1-c1cc(C(=O)N2CCCC2CN2CCCC2)c2cnn(C(C)C)c2n1. The third-order valence-electron chi connectivity index (χ3n) is 7.01. The minimum absolute atomic E-state index is 0.122. The van der Waals surface area contributed by atoms with E-state index in [1.165, 1.54) is 12.8 Å². The summed E-state index contributed by atoms with van der Waals surface area (Å²) in [5.74, 6) is 0.122. The molecule has 6 nitrogen and oxygen atoms in total. The van der Waals surface area contributed by atoms with Crippen molar-refractivity contribution in [3.05, 3.63) is 47.7 Å². The topological polar surface area (TPSA) is 54.3 Å². The Kier molecular flexibility index (Phi) is 5.72. The number of hydrogen-bond acceptors (Lipinski definition) is 4. The lowest BCUT2D eigenvalue weighted by molar-refractivity contribution is 0.0710. The Hall–Kier alpha value is -2.73. The number of aromatic nitrogens is 3. The van der Waals surface area contributed by atoms with Crippen molar-refractivity contribution in [1.29, 1.82) is 0 Å². The molecular formula is C26H33N5O. The third-order valence-corrected chi connectivity index (χ3v) is 7.01. The first-order valence-electron chi connectivity index (χ1n) is 12.0. The number of aryl methyl sites for hydroxylation is 1. The normalized spacial score (nSPS) is 19.5. The first-order chi connectivity index (χ1) is 15.5. The van der Waals surface area contributed by atoms with Gasteiger partial charge in [-0.2, -0.15) is 5.10 Å². The van der Waals surface area contributed by atoms with Gasteiger partial charge >= 0.3 is 0 Å². The smallest absolute Gasteiger partial charge is 0.255 e. The molecule has 4 heterocycles. The molecule has 2 saturated heterocycles. The van der Waals surface area contributed by atoms with Gasteiger partial charge in [-0.25, -0.2) is 9.67 Å². The van der Waals surface area contributed by atoms with Crippen LogP contribution in [0.15, 0.2) is 36.5 Å². The predicted molar refractivity (Wildman–Crippen MR) is 128 cm³/mol. The van der Waals surface area contributed by atoms with E-state index in [4.69, 9.17) is 4.98 Å². The average Bonchev–Trinajstić information content (AvgIpc) is 3.54. The number of rotatable bonds is 5. The van der Waals surface area contributed by atoms with Gasteiger partial charge in [0.25, 0.3) is 5.91 Å². The fraction of sp³-hybridized carbons (Fsp3) is 0.500. The van der Waals surface area contributed by atoms with Crippen molar-refractivity contribution in [1.82, 2.24) is 24.6 Å². The van der Waals surface area contributed by atoms with Crippen LogP contribution in [-0.2, 0) is 0 Å². The van der Waals surface area contributed by atoms with Crippen molar-refractivity contribution < 1.29 is 4.79 Å².